The molecule has 31 heavy (non-hydrogen) atoms. The number of halogens is 3. The molecule has 0 aliphatic heterocycles. The van der Waals surface area contributed by atoms with Crippen LogP contribution in [0.4, 0.5) is 11.4 Å². The molecule has 166 valence electrons. The maximum atomic E-state index is 12.9. The van der Waals surface area contributed by atoms with Gasteiger partial charge < -0.3 is 0 Å². The van der Waals surface area contributed by atoms with E-state index in [1.54, 1.807) is 13.1 Å². The molecule has 2 amide bonds. The SMILES string of the molecule is CC(=O)Nc1cc([As](=O)(O)OC(=O)c2c(I)cc(I)c(N(C)C(C)=O)c2I)ccc1O. The molecular formula is C18H16AsI3N2O7. The van der Waals surface area contributed by atoms with Gasteiger partial charge >= 0.3 is 224 Å². The van der Waals surface area contributed by atoms with Crippen LogP contribution in [0, 0.1) is 10.7 Å². The fourth-order valence-electron chi connectivity index (χ4n) is 2.43. The van der Waals surface area contributed by atoms with E-state index in [1.165, 1.54) is 18.7 Å². The van der Waals surface area contributed by atoms with Crippen molar-refractivity contribution in [1.29, 1.82) is 0 Å². The number of aromatic hydroxyl groups is 1. The number of amides is 2. The van der Waals surface area contributed by atoms with Crippen molar-refractivity contribution >= 4 is 115 Å². The number of nitrogens with zero attached hydrogens (tertiary/aromatic N) is 1. The summed E-state index contributed by atoms with van der Waals surface area (Å²) in [5.41, 5.74) is 0.459. The number of phenols is 1. The summed E-state index contributed by atoms with van der Waals surface area (Å²) in [4.78, 5) is 37.4. The molecule has 0 aromatic heterocycles. The van der Waals surface area contributed by atoms with Crippen LogP contribution < -0.4 is 14.6 Å². The summed E-state index contributed by atoms with van der Waals surface area (Å²) in [5.74, 6) is -2.07. The second kappa shape index (κ2) is 10.4. The minimum atomic E-state index is -5.41. The van der Waals surface area contributed by atoms with Gasteiger partial charge in [-0.15, -0.1) is 0 Å². The Morgan fingerprint density at radius 1 is 1.10 bits per heavy atom. The van der Waals surface area contributed by atoms with Crippen LogP contribution in [-0.2, 0) is 17.1 Å². The summed E-state index contributed by atoms with van der Waals surface area (Å²) in [5, 5.41) is 12.1. The molecule has 0 aliphatic carbocycles. The number of nitrogens with one attached hydrogen (secondary N) is 1. The Hall–Kier alpha value is -0.842. The van der Waals surface area contributed by atoms with Gasteiger partial charge in [0.15, 0.2) is 0 Å². The van der Waals surface area contributed by atoms with Crippen LogP contribution in [0.5, 0.6) is 5.75 Å². The molecule has 13 heteroatoms. The monoisotopic (exact) mass is 828 g/mol. The summed E-state index contributed by atoms with van der Waals surface area (Å²) >= 11 is 0.438. The van der Waals surface area contributed by atoms with Gasteiger partial charge in [-0.1, -0.05) is 0 Å². The van der Waals surface area contributed by atoms with Gasteiger partial charge in [0, 0.05) is 0 Å². The fraction of sp³-hybridized carbons (Fsp3) is 0.167. The molecule has 0 aliphatic rings. The van der Waals surface area contributed by atoms with E-state index in [2.05, 4.69) is 5.32 Å². The third kappa shape index (κ3) is 6.15. The van der Waals surface area contributed by atoms with Gasteiger partial charge in [0.05, 0.1) is 0 Å². The van der Waals surface area contributed by atoms with Gasteiger partial charge in [-0.2, -0.15) is 0 Å². The Labute approximate surface area is 221 Å². The number of anilines is 2. The first-order chi connectivity index (χ1) is 14.3. The normalized spacial score (nSPS) is 12.6. The Bertz CT molecular complexity index is 1140. The molecule has 2 aromatic rings. The molecule has 0 bridgehead atoms. The van der Waals surface area contributed by atoms with Gasteiger partial charge in [0.1, 0.15) is 0 Å². The molecular weight excluding hydrogens is 812 g/mol. The Morgan fingerprint density at radius 2 is 1.71 bits per heavy atom. The molecule has 3 N–H and O–H groups in total. The van der Waals surface area contributed by atoms with Crippen molar-refractivity contribution in [2.75, 3.05) is 17.3 Å². The molecule has 9 nitrogen and oxygen atoms in total. The zero-order valence-electron chi connectivity index (χ0n) is 16.3. The summed E-state index contributed by atoms with van der Waals surface area (Å²) < 4.78 is 29.8. The van der Waals surface area contributed by atoms with Gasteiger partial charge in [0.25, 0.3) is 0 Å². The van der Waals surface area contributed by atoms with Crippen LogP contribution in [0.15, 0.2) is 24.3 Å². The Kier molecular flexibility index (Phi) is 8.86. The quantitative estimate of drug-likeness (QED) is 0.240. The zero-order chi connectivity index (χ0) is 23.7. The Morgan fingerprint density at radius 3 is 2.26 bits per heavy atom. The predicted octanol–water partition coefficient (Wildman–Crippen LogP) is 2.57. The molecule has 2 aromatic carbocycles. The first-order valence-corrected chi connectivity index (χ1v) is 14.9. The van der Waals surface area contributed by atoms with Gasteiger partial charge in [-0.3, -0.25) is 0 Å². The first kappa shape index (κ1) is 26.4. The van der Waals surface area contributed by atoms with Crippen LogP contribution in [0.3, 0.4) is 0 Å². The number of carbonyl (C=O) groups is 3. The summed E-state index contributed by atoms with van der Waals surface area (Å²) in [6, 6.07) is 5.02. The average Bonchev–Trinajstić information content (AvgIpc) is 2.61. The van der Waals surface area contributed by atoms with Gasteiger partial charge in [-0.25, -0.2) is 0 Å². The second-order valence-corrected chi connectivity index (χ2v) is 13.3. The fourth-order valence-corrected chi connectivity index (χ4v) is 9.02. The van der Waals surface area contributed by atoms with E-state index in [4.69, 9.17) is 3.73 Å². The molecule has 0 saturated carbocycles. The number of hydrogen-bond donors (Lipinski definition) is 3. The van der Waals surface area contributed by atoms with E-state index < -0.39 is 26.0 Å². The molecule has 0 radical (unpaired) electrons. The number of phenolic OH excluding ortho intramolecular Hbond substituents is 1. The van der Waals surface area contributed by atoms with Crippen molar-refractivity contribution in [2.24, 2.45) is 0 Å². The maximum absolute atomic E-state index is 12.9. The van der Waals surface area contributed by atoms with Crippen LogP contribution in [0.2, 0.25) is 0 Å². The minimum absolute atomic E-state index is 0.0567. The van der Waals surface area contributed by atoms with E-state index in [9.17, 15) is 27.3 Å². The molecule has 1 unspecified atom stereocenters. The van der Waals surface area contributed by atoms with Crippen molar-refractivity contribution in [3.8, 4) is 5.75 Å². The molecule has 2 rings (SSSR count). The van der Waals surface area contributed by atoms with Crippen LogP contribution in [0.1, 0.15) is 24.2 Å². The van der Waals surface area contributed by atoms with E-state index in [0.29, 0.717) is 12.8 Å². The third-order valence-corrected chi connectivity index (χ3v) is 9.52. The van der Waals surface area contributed by atoms with E-state index >= 15 is 0 Å². The first-order valence-electron chi connectivity index (χ1n) is 8.36. The predicted molar refractivity (Wildman–Crippen MR) is 140 cm³/mol. The van der Waals surface area contributed by atoms with Crippen LogP contribution in [0.25, 0.3) is 0 Å². The third-order valence-electron chi connectivity index (χ3n) is 3.98. The van der Waals surface area contributed by atoms with Crippen molar-refractivity contribution in [2.45, 2.75) is 13.8 Å². The molecule has 0 spiro atoms. The van der Waals surface area contributed by atoms with Crippen LogP contribution >= 0.6 is 67.8 Å². The molecule has 1 atom stereocenters. The summed E-state index contributed by atoms with van der Waals surface area (Å²) in [6.07, 6.45) is 0. The molecule has 0 fully saturated rings. The van der Waals surface area contributed by atoms with E-state index in [0.717, 1.165) is 21.8 Å². The standard InChI is InChI=1S/C18H16AsI3N2O7/c1-8(25)23-13-6-10(4-5-14(13)27)19(29,30)31-18(28)15-11(20)7-12(21)17(16(15)22)24(3)9(2)26/h4-7,27H,1-3H3,(H,23,25)(H,29,30). The second-order valence-electron chi connectivity index (χ2n) is 6.24. The molecule has 0 heterocycles. The Balaban J connectivity index is 2.47. The van der Waals surface area contributed by atoms with Gasteiger partial charge in [-0.05, 0) is 0 Å². The number of hydrogen-bond acceptors (Lipinski definition) is 6. The summed E-state index contributed by atoms with van der Waals surface area (Å²) in [7, 11) is 1.56. The van der Waals surface area contributed by atoms with Crippen molar-refractivity contribution in [3.05, 3.63) is 40.5 Å². The van der Waals surface area contributed by atoms with Gasteiger partial charge in [0.2, 0.25) is 0 Å². The number of rotatable bonds is 5. The van der Waals surface area contributed by atoms with Crippen LogP contribution in [-0.4, -0.2) is 48.2 Å². The van der Waals surface area contributed by atoms with E-state index in [-0.39, 0.29) is 27.3 Å². The number of carbonyl (C=O) groups excluding carboxylic acids is 3. The zero-order valence-corrected chi connectivity index (χ0v) is 24.6. The average molecular weight is 828 g/mol. The van der Waals surface area contributed by atoms with Crippen molar-refractivity contribution in [1.82, 2.24) is 0 Å². The number of benzene rings is 2. The van der Waals surface area contributed by atoms with Crippen molar-refractivity contribution < 1.29 is 31.1 Å². The molecule has 0 saturated heterocycles. The van der Waals surface area contributed by atoms with Crippen molar-refractivity contribution in [3.63, 3.8) is 0 Å². The summed E-state index contributed by atoms with van der Waals surface area (Å²) in [6.45, 7) is 2.59. The topological polar surface area (TPSA) is 133 Å². The van der Waals surface area contributed by atoms with E-state index in [1.807, 2.05) is 67.8 Å².